The van der Waals surface area contributed by atoms with Crippen LogP contribution in [-0.4, -0.2) is 32.3 Å². The van der Waals surface area contributed by atoms with Crippen LogP contribution in [0.3, 0.4) is 0 Å². The summed E-state index contributed by atoms with van der Waals surface area (Å²) >= 11 is 1.73. The van der Waals surface area contributed by atoms with Crippen molar-refractivity contribution in [3.63, 3.8) is 0 Å². The maximum atomic E-state index is 5.36. The van der Waals surface area contributed by atoms with Crippen molar-refractivity contribution in [2.45, 2.75) is 32.7 Å². The standard InChI is InChI=1S/C18H27N3O2S.HI/c1-2-22-12-4-3-10-19-18(21-15-17-8-6-14-24-17)20-11-9-16-7-5-13-23-16;/h5-8,13-14H,2-4,9-12,15H2,1H3,(H2,19,20,21);1H. The number of furan rings is 1. The van der Waals surface area contributed by atoms with Crippen molar-refractivity contribution in [2.24, 2.45) is 4.99 Å². The van der Waals surface area contributed by atoms with Crippen molar-refractivity contribution >= 4 is 41.3 Å². The molecule has 0 aliphatic carbocycles. The summed E-state index contributed by atoms with van der Waals surface area (Å²) in [5.41, 5.74) is 0. The Kier molecular flexibility index (Phi) is 12.4. The number of hydrogen-bond acceptors (Lipinski definition) is 4. The maximum absolute atomic E-state index is 5.36. The van der Waals surface area contributed by atoms with E-state index in [0.29, 0.717) is 6.54 Å². The number of thiophene rings is 1. The first-order valence-electron chi connectivity index (χ1n) is 8.53. The van der Waals surface area contributed by atoms with Crippen LogP contribution >= 0.6 is 35.3 Å². The first-order valence-corrected chi connectivity index (χ1v) is 9.41. The summed E-state index contributed by atoms with van der Waals surface area (Å²) in [6.07, 6.45) is 4.68. The number of ether oxygens (including phenoxy) is 1. The van der Waals surface area contributed by atoms with Gasteiger partial charge in [-0.2, -0.15) is 0 Å². The van der Waals surface area contributed by atoms with Crippen molar-refractivity contribution in [1.82, 2.24) is 10.6 Å². The predicted octanol–water partition coefficient (Wildman–Crippen LogP) is 4.05. The molecule has 0 aliphatic rings. The van der Waals surface area contributed by atoms with Crippen molar-refractivity contribution in [3.05, 3.63) is 46.5 Å². The molecule has 2 aromatic rings. The molecule has 0 radical (unpaired) electrons. The van der Waals surface area contributed by atoms with Crippen LogP contribution in [0.5, 0.6) is 0 Å². The van der Waals surface area contributed by atoms with E-state index in [9.17, 15) is 0 Å². The van der Waals surface area contributed by atoms with Gasteiger partial charge in [0.25, 0.3) is 0 Å². The number of nitrogens with zero attached hydrogens (tertiary/aromatic N) is 1. The van der Waals surface area contributed by atoms with Gasteiger partial charge in [-0.25, -0.2) is 4.99 Å². The zero-order valence-corrected chi connectivity index (χ0v) is 17.8. The number of hydrogen-bond donors (Lipinski definition) is 2. The van der Waals surface area contributed by atoms with Crippen molar-refractivity contribution in [3.8, 4) is 0 Å². The van der Waals surface area contributed by atoms with Gasteiger partial charge in [0, 0.05) is 37.6 Å². The van der Waals surface area contributed by atoms with Crippen LogP contribution in [-0.2, 0) is 17.7 Å². The summed E-state index contributed by atoms with van der Waals surface area (Å²) in [5.74, 6) is 1.84. The van der Waals surface area contributed by atoms with Gasteiger partial charge in [-0.3, -0.25) is 0 Å². The molecule has 0 saturated carbocycles. The van der Waals surface area contributed by atoms with Crippen LogP contribution in [0.25, 0.3) is 0 Å². The van der Waals surface area contributed by atoms with E-state index in [0.717, 1.165) is 57.3 Å². The second kappa shape index (κ2) is 14.1. The molecule has 0 unspecified atom stereocenters. The summed E-state index contributed by atoms with van der Waals surface area (Å²) in [5, 5.41) is 8.85. The van der Waals surface area contributed by atoms with Crippen LogP contribution in [0.2, 0.25) is 0 Å². The number of guanidine groups is 1. The lowest BCUT2D eigenvalue weighted by atomic mass is 10.3. The molecular formula is C18H28IN3O2S. The summed E-state index contributed by atoms with van der Waals surface area (Å²) in [7, 11) is 0. The van der Waals surface area contributed by atoms with Gasteiger partial charge in [0.15, 0.2) is 5.96 Å². The zero-order chi connectivity index (χ0) is 16.9. The van der Waals surface area contributed by atoms with Gasteiger partial charge in [-0.1, -0.05) is 6.07 Å². The average Bonchev–Trinajstić information content (AvgIpc) is 3.28. The third kappa shape index (κ3) is 9.86. The number of unbranched alkanes of at least 4 members (excludes halogenated alkanes) is 1. The second-order valence-corrected chi connectivity index (χ2v) is 6.36. The van der Waals surface area contributed by atoms with E-state index >= 15 is 0 Å². The lowest BCUT2D eigenvalue weighted by Crippen LogP contribution is -2.39. The first-order chi connectivity index (χ1) is 11.9. The summed E-state index contributed by atoms with van der Waals surface area (Å²) in [6.45, 7) is 6.02. The third-order valence-corrected chi connectivity index (χ3v) is 4.29. The smallest absolute Gasteiger partial charge is 0.191 e. The van der Waals surface area contributed by atoms with E-state index in [1.54, 1.807) is 17.6 Å². The molecule has 0 spiro atoms. The van der Waals surface area contributed by atoms with E-state index < -0.39 is 0 Å². The van der Waals surface area contributed by atoms with Gasteiger partial charge in [0.05, 0.1) is 12.8 Å². The third-order valence-electron chi connectivity index (χ3n) is 3.43. The summed E-state index contributed by atoms with van der Waals surface area (Å²) in [4.78, 5) is 5.92. The normalized spacial score (nSPS) is 11.2. The van der Waals surface area contributed by atoms with Crippen molar-refractivity contribution in [2.75, 3.05) is 26.3 Å². The Balaban J connectivity index is 0.00000312. The molecule has 7 heteroatoms. The summed E-state index contributed by atoms with van der Waals surface area (Å²) < 4.78 is 10.7. The monoisotopic (exact) mass is 477 g/mol. The first kappa shape index (κ1) is 22.0. The molecule has 0 fully saturated rings. The Bertz CT molecular complexity index is 559. The predicted molar refractivity (Wildman–Crippen MR) is 115 cm³/mol. The quantitative estimate of drug-likeness (QED) is 0.222. The van der Waals surface area contributed by atoms with Crippen molar-refractivity contribution < 1.29 is 9.15 Å². The molecular weight excluding hydrogens is 449 g/mol. The van der Waals surface area contributed by atoms with Crippen molar-refractivity contribution in [1.29, 1.82) is 0 Å². The number of rotatable bonds is 11. The Hall–Kier alpha value is -1.06. The fraction of sp³-hybridized carbons (Fsp3) is 0.500. The fourth-order valence-electron chi connectivity index (χ4n) is 2.17. The molecule has 2 N–H and O–H groups in total. The van der Waals surface area contributed by atoms with Crippen LogP contribution in [0.4, 0.5) is 0 Å². The van der Waals surface area contributed by atoms with E-state index in [4.69, 9.17) is 9.15 Å². The molecule has 0 aliphatic heterocycles. The molecule has 0 atom stereocenters. The topological polar surface area (TPSA) is 58.8 Å². The number of aliphatic imine (C=N–C) groups is 1. The Labute approximate surface area is 171 Å². The molecule has 2 rings (SSSR count). The van der Waals surface area contributed by atoms with Gasteiger partial charge < -0.3 is 19.8 Å². The van der Waals surface area contributed by atoms with Crippen LogP contribution in [0, 0.1) is 0 Å². The Morgan fingerprint density at radius 1 is 1.20 bits per heavy atom. The molecule has 5 nitrogen and oxygen atoms in total. The van der Waals surface area contributed by atoms with Gasteiger partial charge in [0.1, 0.15) is 5.76 Å². The van der Waals surface area contributed by atoms with Gasteiger partial charge >= 0.3 is 0 Å². The Morgan fingerprint density at radius 3 is 2.80 bits per heavy atom. The Morgan fingerprint density at radius 2 is 2.08 bits per heavy atom. The molecule has 0 bridgehead atoms. The molecule has 140 valence electrons. The summed E-state index contributed by atoms with van der Waals surface area (Å²) in [6, 6.07) is 8.07. The minimum Gasteiger partial charge on any atom is -0.469 e. The van der Waals surface area contributed by atoms with Gasteiger partial charge in [-0.05, 0) is 43.3 Å². The highest BCUT2D eigenvalue weighted by Gasteiger charge is 2.01. The van der Waals surface area contributed by atoms with Crippen LogP contribution in [0.15, 0.2) is 45.3 Å². The highest BCUT2D eigenvalue weighted by Crippen LogP contribution is 2.09. The second-order valence-electron chi connectivity index (χ2n) is 5.33. The zero-order valence-electron chi connectivity index (χ0n) is 14.7. The molecule has 0 saturated heterocycles. The maximum Gasteiger partial charge on any atom is 0.191 e. The highest BCUT2D eigenvalue weighted by atomic mass is 127. The van der Waals surface area contributed by atoms with Crippen LogP contribution in [0.1, 0.15) is 30.4 Å². The molecule has 25 heavy (non-hydrogen) atoms. The molecule has 2 heterocycles. The SMILES string of the molecule is CCOCCCCNC(=NCc1cccs1)NCCc1ccco1.I. The van der Waals surface area contributed by atoms with Gasteiger partial charge in [0.2, 0.25) is 0 Å². The lowest BCUT2D eigenvalue weighted by molar-refractivity contribution is 0.143. The number of halogens is 1. The fourth-order valence-corrected chi connectivity index (χ4v) is 2.80. The lowest BCUT2D eigenvalue weighted by Gasteiger charge is -2.12. The average molecular weight is 477 g/mol. The molecule has 2 aromatic heterocycles. The molecule has 0 amide bonds. The van der Waals surface area contributed by atoms with E-state index in [2.05, 4.69) is 33.1 Å². The van der Waals surface area contributed by atoms with E-state index in [1.807, 2.05) is 19.1 Å². The number of nitrogens with one attached hydrogen (secondary N) is 2. The van der Waals surface area contributed by atoms with Gasteiger partial charge in [-0.15, -0.1) is 35.3 Å². The molecule has 0 aromatic carbocycles. The van der Waals surface area contributed by atoms with E-state index in [1.165, 1.54) is 4.88 Å². The minimum absolute atomic E-state index is 0. The van der Waals surface area contributed by atoms with E-state index in [-0.39, 0.29) is 24.0 Å². The largest absolute Gasteiger partial charge is 0.469 e. The highest BCUT2D eigenvalue weighted by molar-refractivity contribution is 14.0. The van der Waals surface area contributed by atoms with Crippen LogP contribution < -0.4 is 10.6 Å². The minimum atomic E-state index is 0.